The van der Waals surface area contributed by atoms with Gasteiger partial charge < -0.3 is 20.1 Å². The minimum absolute atomic E-state index is 0.137. The van der Waals surface area contributed by atoms with E-state index in [4.69, 9.17) is 9.47 Å². The Morgan fingerprint density at radius 2 is 1.79 bits per heavy atom. The van der Waals surface area contributed by atoms with Crippen LogP contribution in [0, 0.1) is 11.3 Å². The predicted octanol–water partition coefficient (Wildman–Crippen LogP) is 2.55. The van der Waals surface area contributed by atoms with Crippen LogP contribution in [-0.4, -0.2) is 48.6 Å². The first-order valence-electron chi connectivity index (χ1n) is 9.64. The van der Waals surface area contributed by atoms with E-state index in [1.807, 2.05) is 34.6 Å². The van der Waals surface area contributed by atoms with Gasteiger partial charge in [0.2, 0.25) is 11.5 Å². The van der Waals surface area contributed by atoms with Gasteiger partial charge in [-0.15, -0.1) is 0 Å². The van der Waals surface area contributed by atoms with Crippen molar-refractivity contribution in [3.05, 3.63) is 24.4 Å². The van der Waals surface area contributed by atoms with E-state index >= 15 is 0 Å². The molecule has 2 amide bonds. The number of esters is 1. The van der Waals surface area contributed by atoms with E-state index in [0.29, 0.717) is 12.2 Å². The number of carbonyl (C=O) groups is 3. The fourth-order valence-electron chi connectivity index (χ4n) is 2.80. The molecule has 1 heterocycles. The summed E-state index contributed by atoms with van der Waals surface area (Å²) in [5.41, 5.74) is -2.46. The number of nitrogens with zero attached hydrogens (tertiary/aromatic N) is 1. The summed E-state index contributed by atoms with van der Waals surface area (Å²) < 4.78 is 10.2. The number of amides is 2. The standard InChI is InChI=1S/C21H33N3O5/c1-14(2)11-12-21(29-7,19(27)28-6)18(26)24-16(20(3,4)5)17(25)23-15-10-8-9-13-22-15/h8-10,13-14,16H,11-12H2,1-7H3,(H,24,26)(H,22,23,25)/t16-,21+/m1/s1. The lowest BCUT2D eigenvalue weighted by Crippen LogP contribution is -2.61. The highest BCUT2D eigenvalue weighted by Gasteiger charge is 2.49. The molecule has 1 aromatic rings. The number of rotatable bonds is 9. The maximum atomic E-state index is 13.2. The second kappa shape index (κ2) is 10.3. The number of ether oxygens (including phenoxy) is 2. The highest BCUT2D eigenvalue weighted by atomic mass is 16.6. The summed E-state index contributed by atoms with van der Waals surface area (Å²) in [7, 11) is 2.49. The summed E-state index contributed by atoms with van der Waals surface area (Å²) in [5, 5.41) is 5.40. The summed E-state index contributed by atoms with van der Waals surface area (Å²) in [6.07, 6.45) is 2.26. The molecular formula is C21H33N3O5. The van der Waals surface area contributed by atoms with Gasteiger partial charge in [-0.3, -0.25) is 9.59 Å². The van der Waals surface area contributed by atoms with Gasteiger partial charge in [0.15, 0.2) is 0 Å². The molecule has 0 unspecified atom stereocenters. The zero-order valence-electron chi connectivity index (χ0n) is 18.4. The van der Waals surface area contributed by atoms with E-state index < -0.39 is 34.8 Å². The largest absolute Gasteiger partial charge is 0.466 e. The Balaban J connectivity index is 3.15. The Morgan fingerprint density at radius 3 is 2.24 bits per heavy atom. The molecule has 0 aromatic carbocycles. The Bertz CT molecular complexity index is 700. The van der Waals surface area contributed by atoms with Crippen LogP contribution in [0.3, 0.4) is 0 Å². The van der Waals surface area contributed by atoms with Crippen LogP contribution in [0.1, 0.15) is 47.5 Å². The maximum Gasteiger partial charge on any atom is 0.348 e. The van der Waals surface area contributed by atoms with E-state index in [-0.39, 0.29) is 12.3 Å². The smallest absolute Gasteiger partial charge is 0.348 e. The third-order valence-electron chi connectivity index (χ3n) is 4.62. The summed E-state index contributed by atoms with van der Waals surface area (Å²) in [4.78, 5) is 42.6. The molecule has 8 heteroatoms. The van der Waals surface area contributed by atoms with Crippen molar-refractivity contribution in [3.63, 3.8) is 0 Å². The zero-order valence-corrected chi connectivity index (χ0v) is 18.4. The molecule has 0 aliphatic carbocycles. The molecule has 0 aliphatic heterocycles. The van der Waals surface area contributed by atoms with Crippen LogP contribution in [0.5, 0.6) is 0 Å². The quantitative estimate of drug-likeness (QED) is 0.481. The van der Waals surface area contributed by atoms with Crippen LogP contribution < -0.4 is 10.6 Å². The molecule has 0 saturated carbocycles. The number of carbonyl (C=O) groups excluding carboxylic acids is 3. The molecular weight excluding hydrogens is 374 g/mol. The molecule has 0 aliphatic rings. The Hall–Kier alpha value is -2.48. The highest BCUT2D eigenvalue weighted by molar-refractivity contribution is 6.08. The van der Waals surface area contributed by atoms with Gasteiger partial charge in [-0.2, -0.15) is 0 Å². The van der Waals surface area contributed by atoms with Crippen LogP contribution in [0.2, 0.25) is 0 Å². The molecule has 0 bridgehead atoms. The lowest BCUT2D eigenvalue weighted by atomic mass is 9.84. The molecule has 8 nitrogen and oxygen atoms in total. The number of anilines is 1. The monoisotopic (exact) mass is 407 g/mol. The van der Waals surface area contributed by atoms with Crippen LogP contribution in [0.25, 0.3) is 0 Å². The maximum absolute atomic E-state index is 13.2. The van der Waals surface area contributed by atoms with Gasteiger partial charge in [0.05, 0.1) is 7.11 Å². The topological polar surface area (TPSA) is 107 Å². The summed E-state index contributed by atoms with van der Waals surface area (Å²) in [5.74, 6) is -1.33. The molecule has 162 valence electrons. The van der Waals surface area contributed by atoms with E-state index in [1.165, 1.54) is 14.2 Å². The van der Waals surface area contributed by atoms with E-state index in [0.717, 1.165) is 0 Å². The van der Waals surface area contributed by atoms with Crippen LogP contribution in [-0.2, 0) is 23.9 Å². The van der Waals surface area contributed by atoms with Crippen LogP contribution in [0.4, 0.5) is 5.82 Å². The molecule has 29 heavy (non-hydrogen) atoms. The normalized spacial score (nSPS) is 14.6. The fraction of sp³-hybridized carbons (Fsp3) is 0.619. The Morgan fingerprint density at radius 1 is 1.14 bits per heavy atom. The van der Waals surface area contributed by atoms with Crippen molar-refractivity contribution >= 4 is 23.6 Å². The van der Waals surface area contributed by atoms with Gasteiger partial charge in [0.1, 0.15) is 11.9 Å². The molecule has 1 aromatic heterocycles. The molecule has 0 radical (unpaired) electrons. The van der Waals surface area contributed by atoms with Gasteiger partial charge in [0.25, 0.3) is 5.91 Å². The average Bonchev–Trinajstić information content (AvgIpc) is 2.66. The second-order valence-corrected chi connectivity index (χ2v) is 8.43. The SMILES string of the molecule is COC(=O)[C@@](CCC(C)C)(OC)C(=O)N[C@H](C(=O)Nc1ccccn1)C(C)(C)C. The third-order valence-corrected chi connectivity index (χ3v) is 4.62. The molecule has 2 N–H and O–H groups in total. The lowest BCUT2D eigenvalue weighted by molar-refractivity contribution is -0.175. The number of hydrogen-bond acceptors (Lipinski definition) is 6. The molecule has 0 fully saturated rings. The highest BCUT2D eigenvalue weighted by Crippen LogP contribution is 2.26. The predicted molar refractivity (Wildman–Crippen MR) is 110 cm³/mol. The first-order valence-corrected chi connectivity index (χ1v) is 9.64. The van der Waals surface area contributed by atoms with Crippen LogP contribution >= 0.6 is 0 Å². The minimum atomic E-state index is -1.83. The van der Waals surface area contributed by atoms with Crippen molar-refractivity contribution in [2.45, 2.75) is 59.1 Å². The van der Waals surface area contributed by atoms with E-state index in [2.05, 4.69) is 15.6 Å². The molecule has 0 saturated heterocycles. The molecule has 1 rings (SSSR count). The van der Waals surface area contributed by atoms with Crippen molar-refractivity contribution in [2.75, 3.05) is 19.5 Å². The van der Waals surface area contributed by atoms with Crippen molar-refractivity contribution in [3.8, 4) is 0 Å². The summed E-state index contributed by atoms with van der Waals surface area (Å²) in [6.45, 7) is 9.41. The number of hydrogen-bond donors (Lipinski definition) is 2. The van der Waals surface area contributed by atoms with Crippen molar-refractivity contribution in [2.24, 2.45) is 11.3 Å². The van der Waals surface area contributed by atoms with E-state index in [9.17, 15) is 14.4 Å². The number of methoxy groups -OCH3 is 2. The van der Waals surface area contributed by atoms with Crippen molar-refractivity contribution in [1.82, 2.24) is 10.3 Å². The molecule has 0 spiro atoms. The Labute approximate surface area is 172 Å². The first kappa shape index (κ1) is 24.6. The summed E-state index contributed by atoms with van der Waals surface area (Å²) in [6, 6.07) is 4.19. The lowest BCUT2D eigenvalue weighted by Gasteiger charge is -2.35. The van der Waals surface area contributed by atoms with Crippen LogP contribution in [0.15, 0.2) is 24.4 Å². The molecule has 2 atom stereocenters. The second-order valence-electron chi connectivity index (χ2n) is 8.43. The van der Waals surface area contributed by atoms with Crippen molar-refractivity contribution < 1.29 is 23.9 Å². The van der Waals surface area contributed by atoms with Gasteiger partial charge >= 0.3 is 5.97 Å². The van der Waals surface area contributed by atoms with Gasteiger partial charge in [0, 0.05) is 13.3 Å². The van der Waals surface area contributed by atoms with E-state index in [1.54, 1.807) is 24.4 Å². The minimum Gasteiger partial charge on any atom is -0.466 e. The number of aromatic nitrogens is 1. The first-order chi connectivity index (χ1) is 13.5. The average molecular weight is 408 g/mol. The Kier molecular flexibility index (Phi) is 8.76. The van der Waals surface area contributed by atoms with Gasteiger partial charge in [-0.05, 0) is 36.3 Å². The number of pyridine rings is 1. The fourth-order valence-corrected chi connectivity index (χ4v) is 2.80. The van der Waals surface area contributed by atoms with Gasteiger partial charge in [-0.25, -0.2) is 9.78 Å². The third kappa shape index (κ3) is 6.52. The zero-order chi connectivity index (χ0) is 22.2. The number of nitrogens with one attached hydrogen (secondary N) is 2. The van der Waals surface area contributed by atoms with Gasteiger partial charge in [-0.1, -0.05) is 40.7 Å². The summed E-state index contributed by atoms with van der Waals surface area (Å²) >= 11 is 0. The van der Waals surface area contributed by atoms with Crippen molar-refractivity contribution in [1.29, 1.82) is 0 Å².